The van der Waals surface area contributed by atoms with Gasteiger partial charge in [-0.1, -0.05) is 6.07 Å². The molecule has 0 fully saturated rings. The molecule has 1 aliphatic carbocycles. The lowest BCUT2D eigenvalue weighted by atomic mass is 9.84. The average molecular weight is 464 g/mol. The van der Waals surface area contributed by atoms with Crippen LogP contribution in [0.15, 0.2) is 36.5 Å². The molecule has 0 unspecified atom stereocenters. The van der Waals surface area contributed by atoms with Crippen molar-refractivity contribution in [3.05, 3.63) is 58.9 Å². The summed E-state index contributed by atoms with van der Waals surface area (Å²) in [6.07, 6.45) is -9.24. The molecule has 11 heteroatoms. The van der Waals surface area contributed by atoms with Crippen molar-refractivity contribution in [3.8, 4) is 5.75 Å². The highest BCUT2D eigenvalue weighted by molar-refractivity contribution is 5.95. The molecule has 0 radical (unpaired) electrons. The van der Waals surface area contributed by atoms with Crippen molar-refractivity contribution in [3.63, 3.8) is 0 Å². The Morgan fingerprint density at radius 2 is 1.91 bits per heavy atom. The van der Waals surface area contributed by atoms with Gasteiger partial charge in [-0.3, -0.25) is 9.78 Å². The van der Waals surface area contributed by atoms with E-state index in [1.165, 1.54) is 18.2 Å². The minimum Gasteiger partial charge on any atom is -0.494 e. The van der Waals surface area contributed by atoms with Crippen LogP contribution in [0.1, 0.15) is 52.9 Å². The van der Waals surface area contributed by atoms with Gasteiger partial charge in [0.15, 0.2) is 5.78 Å². The molecular weight excluding hydrogens is 445 g/mol. The number of carbonyl (C=O) groups excluding carboxylic acids is 1. The summed E-state index contributed by atoms with van der Waals surface area (Å²) in [5.74, 6) is -4.24. The van der Waals surface area contributed by atoms with Crippen LogP contribution >= 0.6 is 0 Å². The number of fused-ring (bicyclic) bond motifs is 1. The smallest absolute Gasteiger partial charge is 0.389 e. The van der Waals surface area contributed by atoms with Gasteiger partial charge in [0, 0.05) is 31.0 Å². The number of rotatable bonds is 8. The lowest BCUT2D eigenvalue weighted by molar-refractivity contribution is -0.136. The summed E-state index contributed by atoms with van der Waals surface area (Å²) in [5, 5.41) is 0. The topological polar surface area (TPSA) is 65.2 Å². The number of pyridine rings is 1. The minimum absolute atomic E-state index is 0.00249. The maximum Gasteiger partial charge on any atom is 0.389 e. The first-order valence-corrected chi connectivity index (χ1v) is 9.59. The van der Waals surface area contributed by atoms with E-state index in [1.807, 2.05) is 0 Å². The predicted molar refractivity (Wildman–Crippen MR) is 99.9 cm³/mol. The number of ether oxygens (including phenoxy) is 1. The zero-order valence-electron chi connectivity index (χ0n) is 16.6. The van der Waals surface area contributed by atoms with Crippen LogP contribution in [0.2, 0.25) is 0 Å². The first kappa shape index (κ1) is 24.0. The number of hydrogen-bond acceptors (Lipinski definition) is 4. The van der Waals surface area contributed by atoms with E-state index >= 15 is 0 Å². The highest BCUT2D eigenvalue weighted by Crippen LogP contribution is 2.49. The molecule has 2 N–H and O–H groups in total. The zero-order valence-corrected chi connectivity index (χ0v) is 16.6. The number of halogens is 7. The van der Waals surface area contributed by atoms with Crippen molar-refractivity contribution in [2.24, 2.45) is 5.73 Å². The molecule has 0 amide bonds. The van der Waals surface area contributed by atoms with Crippen molar-refractivity contribution in [2.75, 3.05) is 6.61 Å². The van der Waals surface area contributed by atoms with Gasteiger partial charge < -0.3 is 10.5 Å². The van der Waals surface area contributed by atoms with Crippen molar-refractivity contribution in [1.82, 2.24) is 4.98 Å². The van der Waals surface area contributed by atoms with E-state index in [-0.39, 0.29) is 35.6 Å². The molecule has 0 spiro atoms. The molecule has 1 aliphatic rings. The molecule has 0 saturated heterocycles. The Morgan fingerprint density at radius 3 is 2.50 bits per heavy atom. The van der Waals surface area contributed by atoms with Gasteiger partial charge in [0.05, 0.1) is 6.61 Å². The van der Waals surface area contributed by atoms with Gasteiger partial charge in [0.2, 0.25) is 0 Å². The lowest BCUT2D eigenvalue weighted by Crippen LogP contribution is -2.51. The molecule has 32 heavy (non-hydrogen) atoms. The minimum atomic E-state index is -4.32. The quantitative estimate of drug-likeness (QED) is 0.325. The summed E-state index contributed by atoms with van der Waals surface area (Å²) >= 11 is 0. The molecule has 0 bridgehead atoms. The van der Waals surface area contributed by atoms with Crippen LogP contribution in [0.4, 0.5) is 30.7 Å². The highest BCUT2D eigenvalue weighted by Gasteiger charge is 2.58. The van der Waals surface area contributed by atoms with Crippen LogP contribution in [-0.2, 0) is 12.0 Å². The maximum atomic E-state index is 14.8. The van der Waals surface area contributed by atoms with Gasteiger partial charge in [0.1, 0.15) is 17.0 Å². The monoisotopic (exact) mass is 464 g/mol. The number of ketones is 1. The molecule has 3 rings (SSSR count). The molecule has 174 valence electrons. The van der Waals surface area contributed by atoms with Crippen LogP contribution in [0.25, 0.3) is 0 Å². The molecule has 1 aromatic carbocycles. The largest absolute Gasteiger partial charge is 0.494 e. The third-order valence-electron chi connectivity index (χ3n) is 5.26. The molecule has 1 aromatic heterocycles. The van der Waals surface area contributed by atoms with Gasteiger partial charge in [0.25, 0.3) is 12.3 Å². The number of carbonyl (C=O) groups is 1. The summed E-state index contributed by atoms with van der Waals surface area (Å²) in [5.41, 5.74) is 3.07. The number of alkyl halides is 7. The Hall–Kier alpha value is -2.69. The van der Waals surface area contributed by atoms with E-state index in [1.54, 1.807) is 0 Å². The molecule has 0 saturated carbocycles. The number of benzene rings is 1. The van der Waals surface area contributed by atoms with E-state index < -0.39 is 54.7 Å². The maximum absolute atomic E-state index is 14.8. The Labute approximate surface area is 178 Å². The summed E-state index contributed by atoms with van der Waals surface area (Å²) in [4.78, 5) is 16.1. The number of hydrogen-bond donors (Lipinski definition) is 1. The number of nitrogens with two attached hydrogens (primary N) is 1. The number of nitrogens with zero attached hydrogens (tertiary/aromatic N) is 1. The first-order valence-electron chi connectivity index (χ1n) is 9.59. The van der Waals surface area contributed by atoms with Gasteiger partial charge in [-0.15, -0.1) is 0 Å². The van der Waals surface area contributed by atoms with E-state index in [0.29, 0.717) is 0 Å². The average Bonchev–Trinajstić information content (AvgIpc) is 2.89. The van der Waals surface area contributed by atoms with Crippen molar-refractivity contribution in [1.29, 1.82) is 0 Å². The fraction of sp³-hybridized carbons (Fsp3) is 0.429. The lowest BCUT2D eigenvalue weighted by Gasteiger charge is -2.31. The Balaban J connectivity index is 1.75. The number of Topliss-reactive ketones (excluding diaryl/α,β-unsaturated/α-hetero) is 1. The molecule has 2 aromatic rings. The fourth-order valence-electron chi connectivity index (χ4n) is 3.57. The second-order valence-corrected chi connectivity index (χ2v) is 7.62. The highest BCUT2D eigenvalue weighted by atomic mass is 19.4. The standard InChI is InChI=1S/C21H19F7N2O2/c22-18(23)12-2-5-16(30-11-12)17(31)10-19(29)15-4-3-14(8-13(15)9-20(19,24)25)32-7-1-6-21(26,27)28/h2-5,8,11,18H,1,6-7,9-10,29H2/t19-/m0/s1. The zero-order chi connectivity index (χ0) is 23.7. The Kier molecular flexibility index (Phi) is 6.50. The Morgan fingerprint density at radius 1 is 1.19 bits per heavy atom. The summed E-state index contributed by atoms with van der Waals surface area (Å²) in [6, 6.07) is 5.84. The van der Waals surface area contributed by atoms with Crippen LogP contribution in [0, 0.1) is 0 Å². The third kappa shape index (κ3) is 5.03. The Bertz CT molecular complexity index is 977. The van der Waals surface area contributed by atoms with E-state index in [2.05, 4.69) is 4.98 Å². The van der Waals surface area contributed by atoms with E-state index in [9.17, 15) is 35.5 Å². The molecule has 1 heterocycles. The molecule has 1 atom stereocenters. The second kappa shape index (κ2) is 8.68. The van der Waals surface area contributed by atoms with Gasteiger partial charge in [-0.05, 0) is 41.8 Å². The second-order valence-electron chi connectivity index (χ2n) is 7.62. The van der Waals surface area contributed by atoms with Crippen molar-refractivity contribution < 1.29 is 40.3 Å². The third-order valence-corrected chi connectivity index (χ3v) is 5.26. The summed E-state index contributed by atoms with van der Waals surface area (Å²) in [6.45, 7) is -0.249. The first-order chi connectivity index (χ1) is 14.8. The van der Waals surface area contributed by atoms with Crippen LogP contribution < -0.4 is 10.5 Å². The molecule has 0 aliphatic heterocycles. The van der Waals surface area contributed by atoms with Crippen molar-refractivity contribution >= 4 is 5.78 Å². The molecule has 4 nitrogen and oxygen atoms in total. The molecular formula is C21H19F7N2O2. The van der Waals surface area contributed by atoms with Crippen LogP contribution in [0.5, 0.6) is 5.75 Å². The van der Waals surface area contributed by atoms with E-state index in [0.717, 1.165) is 18.3 Å². The fourth-order valence-corrected chi connectivity index (χ4v) is 3.57. The van der Waals surface area contributed by atoms with Crippen LogP contribution in [-0.4, -0.2) is 29.5 Å². The van der Waals surface area contributed by atoms with Gasteiger partial charge in [-0.2, -0.15) is 13.2 Å². The van der Waals surface area contributed by atoms with Gasteiger partial charge in [-0.25, -0.2) is 17.6 Å². The normalized spacial score (nSPS) is 19.8. The predicted octanol–water partition coefficient (Wildman–Crippen LogP) is 5.36. The SMILES string of the molecule is N[C@@]1(CC(=O)c2ccc(C(F)F)cn2)c2ccc(OCCCC(F)(F)F)cc2CC1(F)F. The van der Waals surface area contributed by atoms with Crippen LogP contribution in [0.3, 0.4) is 0 Å². The summed E-state index contributed by atoms with van der Waals surface area (Å²) in [7, 11) is 0. The summed E-state index contributed by atoms with van der Waals surface area (Å²) < 4.78 is 96.8. The van der Waals surface area contributed by atoms with Crippen molar-refractivity contribution in [2.45, 2.75) is 49.7 Å². The van der Waals surface area contributed by atoms with Gasteiger partial charge >= 0.3 is 6.18 Å². The van der Waals surface area contributed by atoms with E-state index in [4.69, 9.17) is 10.5 Å². The number of aromatic nitrogens is 1.